The Hall–Kier alpha value is -1.04. The van der Waals surface area contributed by atoms with E-state index in [1.54, 1.807) is 6.07 Å². The van der Waals surface area contributed by atoms with E-state index < -0.39 is 0 Å². The van der Waals surface area contributed by atoms with Crippen molar-refractivity contribution in [3.63, 3.8) is 0 Å². The first-order chi connectivity index (χ1) is 10.1. The second-order valence-electron chi connectivity index (χ2n) is 6.09. The quantitative estimate of drug-likeness (QED) is 0.873. The van der Waals surface area contributed by atoms with Gasteiger partial charge in [0.15, 0.2) is 0 Å². The second kappa shape index (κ2) is 7.82. The predicted molar refractivity (Wildman–Crippen MR) is 81.2 cm³/mol. The van der Waals surface area contributed by atoms with E-state index in [1.165, 1.54) is 31.5 Å². The van der Waals surface area contributed by atoms with Gasteiger partial charge in [0.25, 0.3) is 0 Å². The summed E-state index contributed by atoms with van der Waals surface area (Å²) in [5, 5.41) is 9.56. The number of aromatic nitrogens is 1. The number of nitrogens with zero attached hydrogens (tertiary/aromatic N) is 2. The molecule has 3 atom stereocenters. The van der Waals surface area contributed by atoms with Crippen molar-refractivity contribution in [1.82, 2.24) is 9.88 Å². The van der Waals surface area contributed by atoms with Crippen LogP contribution in [0.3, 0.4) is 0 Å². The SMILES string of the molecule is CC(CN1CCCCCC1CO)C(N)c1ccc(F)cn1. The molecule has 0 aromatic carbocycles. The number of pyridine rings is 1. The van der Waals surface area contributed by atoms with E-state index in [0.717, 1.165) is 25.2 Å². The standard InChI is InChI=1S/C16H26FN3O/c1-12(16(18)15-7-6-13(17)9-19-15)10-20-8-4-2-3-5-14(20)11-21/h6-7,9,12,14,16,21H,2-5,8,10-11,18H2,1H3. The molecule has 2 heterocycles. The molecule has 21 heavy (non-hydrogen) atoms. The average Bonchev–Trinajstić information content (AvgIpc) is 2.72. The van der Waals surface area contributed by atoms with Crippen LogP contribution in [0, 0.1) is 11.7 Å². The third-order valence-corrected chi connectivity index (χ3v) is 4.44. The van der Waals surface area contributed by atoms with Gasteiger partial charge in [0, 0.05) is 12.6 Å². The van der Waals surface area contributed by atoms with E-state index in [2.05, 4.69) is 16.8 Å². The Labute approximate surface area is 126 Å². The summed E-state index contributed by atoms with van der Waals surface area (Å²) in [5.74, 6) is -0.137. The molecular weight excluding hydrogens is 269 g/mol. The Morgan fingerprint density at radius 1 is 1.43 bits per heavy atom. The molecule has 3 N–H and O–H groups in total. The molecule has 0 amide bonds. The molecule has 1 aliphatic heterocycles. The maximum Gasteiger partial charge on any atom is 0.141 e. The molecule has 0 bridgehead atoms. The molecule has 5 heteroatoms. The van der Waals surface area contributed by atoms with Crippen LogP contribution in [-0.4, -0.2) is 40.7 Å². The summed E-state index contributed by atoms with van der Waals surface area (Å²) >= 11 is 0. The summed E-state index contributed by atoms with van der Waals surface area (Å²) in [7, 11) is 0. The molecule has 2 rings (SSSR count). The molecule has 1 saturated heterocycles. The van der Waals surface area contributed by atoms with Crippen molar-refractivity contribution >= 4 is 0 Å². The molecule has 0 aliphatic carbocycles. The summed E-state index contributed by atoms with van der Waals surface area (Å²) in [6.45, 7) is 4.15. The van der Waals surface area contributed by atoms with Crippen LogP contribution >= 0.6 is 0 Å². The van der Waals surface area contributed by atoms with Crippen LogP contribution in [0.2, 0.25) is 0 Å². The van der Waals surface area contributed by atoms with Crippen molar-refractivity contribution in [2.45, 2.75) is 44.7 Å². The lowest BCUT2D eigenvalue weighted by molar-refractivity contribution is 0.106. The molecule has 1 aromatic rings. The Kier molecular flexibility index (Phi) is 6.08. The van der Waals surface area contributed by atoms with Gasteiger partial charge in [-0.15, -0.1) is 0 Å². The summed E-state index contributed by atoms with van der Waals surface area (Å²) in [4.78, 5) is 6.43. The molecule has 0 spiro atoms. The van der Waals surface area contributed by atoms with Gasteiger partial charge in [-0.05, 0) is 37.4 Å². The van der Waals surface area contributed by atoms with Gasteiger partial charge in [-0.2, -0.15) is 0 Å². The van der Waals surface area contributed by atoms with Gasteiger partial charge in [-0.25, -0.2) is 4.39 Å². The number of aliphatic hydroxyl groups excluding tert-OH is 1. The topological polar surface area (TPSA) is 62.4 Å². The maximum atomic E-state index is 12.9. The highest BCUT2D eigenvalue weighted by molar-refractivity contribution is 5.10. The minimum atomic E-state index is -0.341. The fraction of sp³-hybridized carbons (Fsp3) is 0.688. The number of rotatable bonds is 5. The number of nitrogens with two attached hydrogens (primary N) is 1. The van der Waals surface area contributed by atoms with Crippen molar-refractivity contribution in [3.8, 4) is 0 Å². The van der Waals surface area contributed by atoms with Crippen LogP contribution < -0.4 is 5.73 Å². The van der Waals surface area contributed by atoms with Crippen molar-refractivity contribution < 1.29 is 9.50 Å². The average molecular weight is 295 g/mol. The molecule has 1 aromatic heterocycles. The minimum absolute atomic E-state index is 0.204. The molecular formula is C16H26FN3O. The van der Waals surface area contributed by atoms with E-state index in [4.69, 9.17) is 5.73 Å². The monoisotopic (exact) mass is 295 g/mol. The van der Waals surface area contributed by atoms with Crippen molar-refractivity contribution in [3.05, 3.63) is 29.8 Å². The first-order valence-corrected chi connectivity index (χ1v) is 7.83. The summed E-state index contributed by atoms with van der Waals surface area (Å²) in [5.41, 5.74) is 6.98. The fourth-order valence-corrected chi connectivity index (χ4v) is 3.04. The Balaban J connectivity index is 1.98. The van der Waals surface area contributed by atoms with Crippen LogP contribution in [0.4, 0.5) is 4.39 Å². The van der Waals surface area contributed by atoms with Gasteiger partial charge in [0.1, 0.15) is 5.82 Å². The van der Waals surface area contributed by atoms with E-state index >= 15 is 0 Å². The van der Waals surface area contributed by atoms with Gasteiger partial charge in [0.2, 0.25) is 0 Å². The first-order valence-electron chi connectivity index (χ1n) is 7.83. The fourth-order valence-electron chi connectivity index (χ4n) is 3.04. The lowest BCUT2D eigenvalue weighted by Gasteiger charge is -2.32. The third kappa shape index (κ3) is 4.46. The highest BCUT2D eigenvalue weighted by Crippen LogP contribution is 2.23. The Morgan fingerprint density at radius 3 is 2.90 bits per heavy atom. The zero-order chi connectivity index (χ0) is 15.2. The number of hydrogen-bond acceptors (Lipinski definition) is 4. The van der Waals surface area contributed by atoms with Gasteiger partial charge in [0.05, 0.1) is 24.5 Å². The van der Waals surface area contributed by atoms with E-state index in [1.807, 2.05) is 0 Å². The van der Waals surface area contributed by atoms with Crippen LogP contribution in [0.25, 0.3) is 0 Å². The molecule has 3 unspecified atom stereocenters. The third-order valence-electron chi connectivity index (χ3n) is 4.44. The summed E-state index contributed by atoms with van der Waals surface area (Å²) < 4.78 is 12.9. The lowest BCUT2D eigenvalue weighted by Crippen LogP contribution is -2.42. The van der Waals surface area contributed by atoms with Crippen molar-refractivity contribution in [2.75, 3.05) is 19.7 Å². The van der Waals surface area contributed by atoms with Crippen LogP contribution in [0.1, 0.15) is 44.3 Å². The predicted octanol–water partition coefficient (Wildman–Crippen LogP) is 2.09. The Bertz CT molecular complexity index is 426. The normalized spacial score (nSPS) is 23.5. The van der Waals surface area contributed by atoms with Crippen LogP contribution in [-0.2, 0) is 0 Å². The summed E-state index contributed by atoms with van der Waals surface area (Å²) in [6.07, 6.45) is 5.85. The minimum Gasteiger partial charge on any atom is -0.395 e. The van der Waals surface area contributed by atoms with Gasteiger partial charge in [-0.1, -0.05) is 19.8 Å². The molecule has 0 saturated carbocycles. The summed E-state index contributed by atoms with van der Waals surface area (Å²) in [6, 6.07) is 3.08. The molecule has 1 fully saturated rings. The lowest BCUT2D eigenvalue weighted by atomic mass is 9.97. The van der Waals surface area contributed by atoms with Gasteiger partial charge < -0.3 is 10.8 Å². The van der Waals surface area contributed by atoms with Gasteiger partial charge in [-0.3, -0.25) is 9.88 Å². The molecule has 0 radical (unpaired) electrons. The first kappa shape index (κ1) is 16.3. The number of aliphatic hydroxyl groups is 1. The smallest absolute Gasteiger partial charge is 0.141 e. The zero-order valence-electron chi connectivity index (χ0n) is 12.7. The van der Waals surface area contributed by atoms with Gasteiger partial charge >= 0.3 is 0 Å². The number of hydrogen-bond donors (Lipinski definition) is 2. The van der Waals surface area contributed by atoms with Crippen LogP contribution in [0.15, 0.2) is 18.3 Å². The van der Waals surface area contributed by atoms with E-state index in [-0.39, 0.29) is 30.4 Å². The van der Waals surface area contributed by atoms with E-state index in [0.29, 0.717) is 0 Å². The Morgan fingerprint density at radius 2 is 2.24 bits per heavy atom. The van der Waals surface area contributed by atoms with Crippen LogP contribution in [0.5, 0.6) is 0 Å². The number of likely N-dealkylation sites (tertiary alicyclic amines) is 1. The highest BCUT2D eigenvalue weighted by atomic mass is 19.1. The number of halogens is 1. The van der Waals surface area contributed by atoms with Crippen molar-refractivity contribution in [2.24, 2.45) is 11.7 Å². The van der Waals surface area contributed by atoms with Crippen molar-refractivity contribution in [1.29, 1.82) is 0 Å². The zero-order valence-corrected chi connectivity index (χ0v) is 12.7. The largest absolute Gasteiger partial charge is 0.395 e. The molecule has 1 aliphatic rings. The maximum absolute atomic E-state index is 12.9. The molecule has 118 valence electrons. The molecule has 4 nitrogen and oxygen atoms in total. The van der Waals surface area contributed by atoms with E-state index in [9.17, 15) is 9.50 Å². The highest BCUT2D eigenvalue weighted by Gasteiger charge is 2.25. The second-order valence-corrected chi connectivity index (χ2v) is 6.09.